The molecule has 0 radical (unpaired) electrons. The average Bonchev–Trinajstić information content (AvgIpc) is 1.82. The van der Waals surface area contributed by atoms with E-state index in [2.05, 4.69) is 5.10 Å². The molecular weight excluding hydrogens is 134 g/mol. The highest BCUT2D eigenvalue weighted by Crippen LogP contribution is 1.82. The lowest BCUT2D eigenvalue weighted by molar-refractivity contribution is -0.736. The van der Waals surface area contributed by atoms with Crippen LogP contribution in [0.1, 0.15) is 0 Å². The van der Waals surface area contributed by atoms with Crippen molar-refractivity contribution < 1.29 is 9.79 Å². The first-order valence-corrected chi connectivity index (χ1v) is 2.72. The number of hydrogen-bond acceptors (Lipinski definition) is 3. The molecule has 0 unspecified atom stereocenters. The van der Waals surface area contributed by atoms with Crippen molar-refractivity contribution in [2.24, 2.45) is 14.1 Å². The van der Waals surface area contributed by atoms with Gasteiger partial charge in [0, 0.05) is 12.1 Å². The maximum Gasteiger partial charge on any atom is 0.317 e. The van der Waals surface area contributed by atoms with Gasteiger partial charge in [0.1, 0.15) is 6.01 Å². The van der Waals surface area contributed by atoms with Crippen LogP contribution in [0.4, 0.5) is 0 Å². The first kappa shape index (κ1) is 6.73. The molecule has 0 N–H and O–H groups in total. The molecule has 0 aliphatic rings. The fourth-order valence-corrected chi connectivity index (χ4v) is 0.572. The van der Waals surface area contributed by atoms with Gasteiger partial charge in [-0.25, -0.2) is 0 Å². The van der Waals surface area contributed by atoms with E-state index >= 15 is 0 Å². The fourth-order valence-electron chi connectivity index (χ4n) is 0.572. The molecule has 0 aliphatic carbocycles. The second kappa shape index (κ2) is 2.09. The fraction of sp³-hybridized carbons (Fsp3) is 0.400. The summed E-state index contributed by atoms with van der Waals surface area (Å²) in [6, 6.07) is -0.532. The van der Waals surface area contributed by atoms with E-state index in [1.165, 1.54) is 25.0 Å². The molecule has 0 bridgehead atoms. The zero-order valence-corrected chi connectivity index (χ0v) is 5.74. The van der Waals surface area contributed by atoms with Gasteiger partial charge in [0.2, 0.25) is 0 Å². The molecule has 0 atom stereocenters. The lowest BCUT2D eigenvalue weighted by atomic mass is 10.8. The lowest BCUT2D eigenvalue weighted by Crippen LogP contribution is -2.41. The van der Waals surface area contributed by atoms with Gasteiger partial charge in [0.15, 0.2) is 7.05 Å². The van der Waals surface area contributed by atoms with Crippen molar-refractivity contribution >= 4 is 0 Å². The predicted molar refractivity (Wildman–Crippen MR) is 30.1 cm³/mol. The molecule has 0 aromatic carbocycles. The first-order valence-electron chi connectivity index (χ1n) is 2.72. The summed E-state index contributed by atoms with van der Waals surface area (Å²) in [6.45, 7) is 0. The van der Waals surface area contributed by atoms with E-state index in [1.54, 1.807) is 0 Å². The molecule has 10 heavy (non-hydrogen) atoms. The minimum Gasteiger partial charge on any atom is -0.841 e. The Kier molecular flexibility index (Phi) is 1.41. The van der Waals surface area contributed by atoms with E-state index in [-0.39, 0.29) is 5.56 Å². The monoisotopic (exact) mass is 141 g/mol. The Morgan fingerprint density at radius 3 is 2.90 bits per heavy atom. The smallest absolute Gasteiger partial charge is 0.317 e. The van der Waals surface area contributed by atoms with Gasteiger partial charge in [0.05, 0.1) is 0 Å². The number of rotatable bonds is 0. The highest BCUT2D eigenvalue weighted by molar-refractivity contribution is 4.83. The van der Waals surface area contributed by atoms with E-state index in [0.717, 1.165) is 4.57 Å². The number of aryl methyl sites for hydroxylation is 1. The maximum atomic E-state index is 10.8. The molecule has 0 saturated carbocycles. The normalized spacial score (nSPS) is 9.80. The summed E-state index contributed by atoms with van der Waals surface area (Å²) in [5.41, 5.74) is -0.345. The first-order chi connectivity index (χ1) is 4.61. The van der Waals surface area contributed by atoms with Crippen molar-refractivity contribution in [2.45, 2.75) is 0 Å². The van der Waals surface area contributed by atoms with Gasteiger partial charge in [-0.1, -0.05) is 4.68 Å². The molecule has 0 spiro atoms. The Morgan fingerprint density at radius 2 is 2.40 bits per heavy atom. The Morgan fingerprint density at radius 1 is 1.80 bits per heavy atom. The zero-order chi connectivity index (χ0) is 7.72. The van der Waals surface area contributed by atoms with Crippen LogP contribution in [0.25, 0.3) is 0 Å². The van der Waals surface area contributed by atoms with Crippen molar-refractivity contribution in [3.63, 3.8) is 0 Å². The van der Waals surface area contributed by atoms with Gasteiger partial charge >= 0.3 is 5.56 Å². The van der Waals surface area contributed by atoms with Crippen molar-refractivity contribution in [1.29, 1.82) is 0 Å². The van der Waals surface area contributed by atoms with Crippen LogP contribution in [0.3, 0.4) is 0 Å². The average molecular weight is 141 g/mol. The summed E-state index contributed by atoms with van der Waals surface area (Å²) in [7, 11) is 2.92. The second-order valence-electron chi connectivity index (χ2n) is 1.98. The Labute approximate surface area is 57.2 Å². The van der Waals surface area contributed by atoms with Crippen molar-refractivity contribution in [3.8, 4) is 6.01 Å². The second-order valence-corrected chi connectivity index (χ2v) is 1.98. The van der Waals surface area contributed by atoms with Gasteiger partial charge < -0.3 is 5.11 Å². The van der Waals surface area contributed by atoms with Gasteiger partial charge in [0.25, 0.3) is 6.20 Å². The van der Waals surface area contributed by atoms with Crippen LogP contribution in [0, 0.1) is 0 Å². The molecule has 1 rings (SSSR count). The number of aromatic nitrogens is 3. The summed E-state index contributed by atoms with van der Waals surface area (Å²) in [5.74, 6) is 0. The summed E-state index contributed by atoms with van der Waals surface area (Å²) < 4.78 is 2.14. The van der Waals surface area contributed by atoms with Crippen LogP contribution in [-0.4, -0.2) is 9.67 Å². The van der Waals surface area contributed by atoms with Crippen LogP contribution in [0.2, 0.25) is 0 Å². The van der Waals surface area contributed by atoms with E-state index in [4.69, 9.17) is 0 Å². The SMILES string of the molecule is Cn1c([O-])n[n+](C)cc1=O. The number of nitrogens with zero attached hydrogens (tertiary/aromatic N) is 3. The van der Waals surface area contributed by atoms with Crippen molar-refractivity contribution in [2.75, 3.05) is 0 Å². The van der Waals surface area contributed by atoms with E-state index < -0.39 is 6.01 Å². The summed E-state index contributed by atoms with van der Waals surface area (Å²) in [5, 5.41) is 14.1. The summed E-state index contributed by atoms with van der Waals surface area (Å²) in [4.78, 5) is 10.8. The van der Waals surface area contributed by atoms with Crippen molar-refractivity contribution in [3.05, 3.63) is 16.6 Å². The quantitative estimate of drug-likeness (QED) is 0.381. The zero-order valence-electron chi connectivity index (χ0n) is 5.74. The highest BCUT2D eigenvalue weighted by atomic mass is 16.3. The predicted octanol–water partition coefficient (Wildman–Crippen LogP) is -2.32. The van der Waals surface area contributed by atoms with Gasteiger partial charge in [-0.2, -0.15) is 0 Å². The third-order valence-electron chi connectivity index (χ3n) is 1.16. The molecule has 5 heteroatoms. The van der Waals surface area contributed by atoms with Gasteiger partial charge in [-0.15, -0.1) is 0 Å². The summed E-state index contributed by atoms with van der Waals surface area (Å²) in [6.07, 6.45) is 1.24. The molecule has 54 valence electrons. The maximum absolute atomic E-state index is 10.8. The molecule has 0 saturated heterocycles. The molecule has 5 nitrogen and oxygen atoms in total. The molecule has 0 amide bonds. The van der Waals surface area contributed by atoms with Crippen LogP contribution in [0.5, 0.6) is 6.01 Å². The van der Waals surface area contributed by atoms with Gasteiger partial charge in [-0.05, 0) is 0 Å². The molecule has 0 aliphatic heterocycles. The van der Waals surface area contributed by atoms with Crippen LogP contribution < -0.4 is 15.3 Å². The third kappa shape index (κ3) is 0.975. The Bertz CT molecular complexity index is 304. The minimum absolute atomic E-state index is 0.345. The lowest BCUT2D eigenvalue weighted by Gasteiger charge is -2.04. The number of hydrogen-bond donors (Lipinski definition) is 0. The largest absolute Gasteiger partial charge is 0.841 e. The van der Waals surface area contributed by atoms with Crippen LogP contribution in [-0.2, 0) is 14.1 Å². The third-order valence-corrected chi connectivity index (χ3v) is 1.16. The molecule has 0 fully saturated rings. The molecule has 1 aromatic rings. The minimum atomic E-state index is -0.532. The molecule has 1 heterocycles. The highest BCUT2D eigenvalue weighted by Gasteiger charge is 1.98. The molecular formula is C5H7N3O2. The van der Waals surface area contributed by atoms with Gasteiger partial charge in [-0.3, -0.25) is 9.36 Å². The van der Waals surface area contributed by atoms with E-state index in [0.29, 0.717) is 0 Å². The van der Waals surface area contributed by atoms with Crippen LogP contribution >= 0.6 is 0 Å². The topological polar surface area (TPSA) is 61.8 Å². The van der Waals surface area contributed by atoms with E-state index in [9.17, 15) is 9.90 Å². The standard InChI is InChI=1S/C5H7N3O2/c1-7-3-4(9)8(2)5(10)6-7/h3H,1-2H3. The Hall–Kier alpha value is -1.39. The van der Waals surface area contributed by atoms with Crippen LogP contribution in [0.15, 0.2) is 11.0 Å². The van der Waals surface area contributed by atoms with Crippen molar-refractivity contribution in [1.82, 2.24) is 9.67 Å². The van der Waals surface area contributed by atoms with E-state index in [1.807, 2.05) is 0 Å². The molecule has 1 aromatic heterocycles. The summed E-state index contributed by atoms with van der Waals surface area (Å²) >= 11 is 0. The Balaban J connectivity index is 3.46.